The second kappa shape index (κ2) is 6.51. The van der Waals surface area contributed by atoms with E-state index >= 15 is 0 Å². The van der Waals surface area contributed by atoms with Gasteiger partial charge in [-0.1, -0.05) is 35.3 Å². The molecule has 0 N–H and O–H groups in total. The van der Waals surface area contributed by atoms with Crippen LogP contribution in [0.2, 0.25) is 10.0 Å². The van der Waals surface area contributed by atoms with Crippen molar-refractivity contribution in [1.29, 1.82) is 0 Å². The molecule has 130 valence electrons. The molecule has 0 saturated carbocycles. The number of pyridine rings is 1. The Bertz CT molecular complexity index is 1180. The molecule has 4 rings (SSSR count). The largest absolute Gasteiger partial charge is 0.269 e. The second-order valence-electron chi connectivity index (χ2n) is 5.77. The van der Waals surface area contributed by atoms with E-state index in [9.17, 15) is 4.79 Å². The van der Waals surface area contributed by atoms with Gasteiger partial charge < -0.3 is 0 Å². The summed E-state index contributed by atoms with van der Waals surface area (Å²) in [6.45, 7) is 2.24. The van der Waals surface area contributed by atoms with E-state index in [1.54, 1.807) is 24.4 Å². The molecule has 0 radical (unpaired) electrons. The second-order valence-corrected chi connectivity index (χ2v) is 6.58. The van der Waals surface area contributed by atoms with Gasteiger partial charge in [-0.2, -0.15) is 0 Å². The van der Waals surface area contributed by atoms with Crippen LogP contribution in [0.3, 0.4) is 0 Å². The van der Waals surface area contributed by atoms with Gasteiger partial charge in [-0.05, 0) is 46.7 Å². The van der Waals surface area contributed by atoms with Crippen molar-refractivity contribution in [3.8, 4) is 11.4 Å². The molecule has 0 spiro atoms. The lowest BCUT2D eigenvalue weighted by Gasteiger charge is -2.07. The molecule has 3 heterocycles. The zero-order chi connectivity index (χ0) is 18.3. The highest BCUT2D eigenvalue weighted by Gasteiger charge is 2.16. The van der Waals surface area contributed by atoms with E-state index in [2.05, 4.69) is 20.5 Å². The van der Waals surface area contributed by atoms with Crippen molar-refractivity contribution in [3.05, 3.63) is 74.3 Å². The van der Waals surface area contributed by atoms with E-state index in [-0.39, 0.29) is 5.56 Å². The van der Waals surface area contributed by atoms with Crippen LogP contribution in [-0.4, -0.2) is 29.6 Å². The van der Waals surface area contributed by atoms with E-state index < -0.39 is 0 Å². The lowest BCUT2D eigenvalue weighted by molar-refractivity contribution is 0.652. The highest BCUT2D eigenvalue weighted by atomic mass is 35.5. The van der Waals surface area contributed by atoms with Crippen molar-refractivity contribution in [3.63, 3.8) is 0 Å². The number of hydrogen-bond acceptors (Lipinski definition) is 5. The maximum atomic E-state index is 12.9. The molecule has 0 atom stereocenters. The van der Waals surface area contributed by atoms with Crippen LogP contribution >= 0.6 is 23.2 Å². The van der Waals surface area contributed by atoms with Gasteiger partial charge in [0, 0.05) is 12.4 Å². The zero-order valence-corrected chi connectivity index (χ0v) is 15.1. The number of benzene rings is 1. The number of aryl methyl sites for hydroxylation is 1. The Hall–Kier alpha value is -2.77. The fraction of sp³-hybridized carbons (Fsp3) is 0.118. The number of aromatic nitrogens is 6. The molecule has 0 unspecified atom stereocenters. The number of tetrazole rings is 1. The summed E-state index contributed by atoms with van der Waals surface area (Å²) in [7, 11) is 0. The van der Waals surface area contributed by atoms with Crippen molar-refractivity contribution in [2.24, 2.45) is 0 Å². The molecule has 7 nitrogen and oxygen atoms in total. The van der Waals surface area contributed by atoms with Crippen molar-refractivity contribution in [2.45, 2.75) is 13.5 Å². The molecule has 0 fully saturated rings. The summed E-state index contributed by atoms with van der Waals surface area (Å²) in [4.78, 5) is 17.2. The average molecular weight is 387 g/mol. The van der Waals surface area contributed by atoms with Crippen LogP contribution in [0.25, 0.3) is 17.0 Å². The normalized spacial score (nSPS) is 11.2. The molecular formula is C17H12Cl2N6O. The number of nitrogens with zero attached hydrogens (tertiary/aromatic N) is 6. The number of hydrogen-bond donors (Lipinski definition) is 0. The molecule has 0 aliphatic carbocycles. The first-order valence-electron chi connectivity index (χ1n) is 7.72. The number of fused-ring (bicyclic) bond motifs is 1. The van der Waals surface area contributed by atoms with Crippen molar-refractivity contribution in [1.82, 2.24) is 29.6 Å². The molecule has 0 amide bonds. The summed E-state index contributed by atoms with van der Waals surface area (Å²) in [6.07, 6.45) is 3.18. The lowest BCUT2D eigenvalue weighted by atomic mass is 10.2. The minimum absolute atomic E-state index is 0.233. The van der Waals surface area contributed by atoms with E-state index in [0.29, 0.717) is 33.6 Å². The molecule has 4 aromatic rings. The summed E-state index contributed by atoms with van der Waals surface area (Å²) >= 11 is 12.0. The third-order valence-electron chi connectivity index (χ3n) is 4.02. The molecule has 0 aliphatic rings. The van der Waals surface area contributed by atoms with Gasteiger partial charge in [-0.25, -0.2) is 9.67 Å². The highest BCUT2D eigenvalue weighted by molar-refractivity contribution is 6.42. The maximum absolute atomic E-state index is 12.9. The minimum Gasteiger partial charge on any atom is -0.268 e. The topological polar surface area (TPSA) is 78.0 Å². The van der Waals surface area contributed by atoms with Gasteiger partial charge in [-0.15, -0.1) is 5.10 Å². The average Bonchev–Trinajstić information content (AvgIpc) is 3.07. The Morgan fingerprint density at radius 3 is 2.81 bits per heavy atom. The quantitative estimate of drug-likeness (QED) is 0.540. The van der Waals surface area contributed by atoms with Gasteiger partial charge in [0.25, 0.3) is 5.56 Å². The van der Waals surface area contributed by atoms with Crippen LogP contribution in [0.15, 0.2) is 47.5 Å². The predicted molar refractivity (Wildman–Crippen MR) is 98.6 cm³/mol. The third kappa shape index (κ3) is 2.85. The van der Waals surface area contributed by atoms with Gasteiger partial charge in [-0.3, -0.25) is 9.20 Å². The van der Waals surface area contributed by atoms with Gasteiger partial charge in [0.05, 0.1) is 16.6 Å². The molecular weight excluding hydrogens is 375 g/mol. The Morgan fingerprint density at radius 2 is 2.00 bits per heavy atom. The Kier molecular flexibility index (Phi) is 4.18. The first-order valence-corrected chi connectivity index (χ1v) is 8.47. The lowest BCUT2D eigenvalue weighted by Crippen LogP contribution is -2.19. The SMILES string of the molecule is Cc1cccn2c(=O)c(-c3nnnn3Cc3ccc(Cl)c(Cl)c3)cnc12. The van der Waals surface area contributed by atoms with Gasteiger partial charge in [0.2, 0.25) is 0 Å². The van der Waals surface area contributed by atoms with Gasteiger partial charge >= 0.3 is 0 Å². The first kappa shape index (κ1) is 16.7. The van der Waals surface area contributed by atoms with Crippen molar-refractivity contribution in [2.75, 3.05) is 0 Å². The molecule has 0 bridgehead atoms. The number of rotatable bonds is 3. The van der Waals surface area contributed by atoms with Gasteiger partial charge in [0.15, 0.2) is 5.82 Å². The summed E-state index contributed by atoms with van der Waals surface area (Å²) < 4.78 is 3.02. The Morgan fingerprint density at radius 1 is 1.15 bits per heavy atom. The summed E-state index contributed by atoms with van der Waals surface area (Å²) in [5.41, 5.74) is 2.45. The van der Waals surface area contributed by atoms with E-state index in [1.807, 2.05) is 19.1 Å². The highest BCUT2D eigenvalue weighted by Crippen LogP contribution is 2.23. The summed E-state index contributed by atoms with van der Waals surface area (Å²) in [5, 5.41) is 12.6. The minimum atomic E-state index is -0.233. The van der Waals surface area contributed by atoms with E-state index in [4.69, 9.17) is 23.2 Å². The van der Waals surface area contributed by atoms with Crippen LogP contribution in [0.4, 0.5) is 0 Å². The van der Waals surface area contributed by atoms with Crippen LogP contribution in [0.5, 0.6) is 0 Å². The first-order chi connectivity index (χ1) is 12.5. The molecule has 3 aromatic heterocycles. The molecule has 26 heavy (non-hydrogen) atoms. The van der Waals surface area contributed by atoms with Crippen molar-refractivity contribution >= 4 is 28.8 Å². The molecule has 9 heteroatoms. The zero-order valence-electron chi connectivity index (χ0n) is 13.6. The summed E-state index contributed by atoms with van der Waals surface area (Å²) in [6, 6.07) is 8.97. The smallest absolute Gasteiger partial charge is 0.268 e. The third-order valence-corrected chi connectivity index (χ3v) is 4.76. The van der Waals surface area contributed by atoms with E-state index in [0.717, 1.165) is 11.1 Å². The van der Waals surface area contributed by atoms with Crippen LogP contribution < -0.4 is 5.56 Å². The Balaban J connectivity index is 1.80. The maximum Gasteiger partial charge on any atom is 0.269 e. The number of halogens is 2. The molecule has 0 saturated heterocycles. The predicted octanol–water partition coefficient (Wildman–Crippen LogP) is 3.01. The van der Waals surface area contributed by atoms with E-state index in [1.165, 1.54) is 15.3 Å². The fourth-order valence-corrected chi connectivity index (χ4v) is 3.04. The van der Waals surface area contributed by atoms with Gasteiger partial charge in [0.1, 0.15) is 11.2 Å². The van der Waals surface area contributed by atoms with Crippen LogP contribution in [0, 0.1) is 6.92 Å². The summed E-state index contributed by atoms with van der Waals surface area (Å²) in [5.74, 6) is 0.337. The van der Waals surface area contributed by atoms with Crippen molar-refractivity contribution < 1.29 is 0 Å². The Labute approximate surface area is 157 Å². The van der Waals surface area contributed by atoms with Crippen LogP contribution in [0.1, 0.15) is 11.1 Å². The fourth-order valence-electron chi connectivity index (χ4n) is 2.72. The molecule has 1 aromatic carbocycles. The molecule has 0 aliphatic heterocycles. The standard InChI is InChI=1S/C17H12Cl2N6O/c1-10-3-2-6-24-15(10)20-8-12(17(24)26)16-21-22-23-25(16)9-11-4-5-13(18)14(19)7-11/h2-8H,9H2,1H3. The monoisotopic (exact) mass is 386 g/mol. The van der Waals surface area contributed by atoms with Crippen LogP contribution in [-0.2, 0) is 6.54 Å².